The molecule has 0 bridgehead atoms. The maximum absolute atomic E-state index is 6.17. The van der Waals surface area contributed by atoms with Crippen LogP contribution in [-0.4, -0.2) is 6.26 Å². The zero-order chi connectivity index (χ0) is 12.4. The molecule has 2 rings (SSSR count). The number of rotatable bonds is 3. The van der Waals surface area contributed by atoms with Crippen LogP contribution in [0.2, 0.25) is 0 Å². The van der Waals surface area contributed by atoms with Gasteiger partial charge in [0.05, 0.1) is 9.21 Å². The van der Waals surface area contributed by atoms with E-state index in [0.29, 0.717) is 0 Å². The van der Waals surface area contributed by atoms with E-state index in [4.69, 9.17) is 5.73 Å². The van der Waals surface area contributed by atoms with E-state index in [-0.39, 0.29) is 0 Å². The zero-order valence-corrected chi connectivity index (χ0v) is 13.0. The molecule has 1 aromatic heterocycles. The van der Waals surface area contributed by atoms with Crippen LogP contribution in [0, 0.1) is 0 Å². The second-order valence-corrected chi connectivity index (χ2v) is 6.72. The molecule has 0 aliphatic heterocycles. The van der Waals surface area contributed by atoms with Crippen LogP contribution in [-0.2, 0) is 6.42 Å². The molecule has 4 heteroatoms. The normalized spacial score (nSPS) is 10.8. The summed E-state index contributed by atoms with van der Waals surface area (Å²) in [5, 5.41) is 0.921. The summed E-state index contributed by atoms with van der Waals surface area (Å²) in [6.45, 7) is 2.18. The molecule has 90 valence electrons. The molecule has 2 aromatic rings. The van der Waals surface area contributed by atoms with Gasteiger partial charge in [-0.15, -0.1) is 23.1 Å². The molecule has 0 saturated heterocycles. The van der Waals surface area contributed by atoms with Crippen molar-refractivity contribution in [3.05, 3.63) is 34.3 Å². The van der Waals surface area contributed by atoms with Crippen LogP contribution >= 0.6 is 39.0 Å². The minimum atomic E-state index is 0.921. The highest BCUT2D eigenvalue weighted by Crippen LogP contribution is 2.43. The topological polar surface area (TPSA) is 26.0 Å². The van der Waals surface area contributed by atoms with E-state index in [1.165, 1.54) is 20.9 Å². The van der Waals surface area contributed by atoms with Gasteiger partial charge in [-0.25, -0.2) is 0 Å². The third kappa shape index (κ3) is 2.54. The maximum atomic E-state index is 6.17. The van der Waals surface area contributed by atoms with Crippen LogP contribution in [0.5, 0.6) is 0 Å². The number of halogens is 1. The van der Waals surface area contributed by atoms with E-state index in [1.54, 1.807) is 23.1 Å². The van der Waals surface area contributed by atoms with Crippen molar-refractivity contribution in [2.45, 2.75) is 17.6 Å². The van der Waals surface area contributed by atoms with Crippen molar-refractivity contribution >= 4 is 44.0 Å². The summed E-state index contributed by atoms with van der Waals surface area (Å²) in [5.41, 5.74) is 9.95. The van der Waals surface area contributed by atoms with Crippen LogP contribution in [0.15, 0.2) is 32.9 Å². The average Bonchev–Trinajstić information content (AvgIpc) is 2.65. The predicted octanol–water partition coefficient (Wildman–Crippen LogP) is 5.04. The largest absolute Gasteiger partial charge is 0.390 e. The number of hydrogen-bond donors (Lipinski definition) is 1. The standard InChI is InChI=1S/C13H14BrNS2/c1-3-10-11(12(15)17-13(10)16-2)8-5-4-6-9(14)7-8/h4-7H,3,15H2,1-2H3. The van der Waals surface area contributed by atoms with Crippen molar-refractivity contribution in [2.75, 3.05) is 12.0 Å². The Bertz CT molecular complexity index is 534. The highest BCUT2D eigenvalue weighted by atomic mass is 79.9. The Balaban J connectivity index is 2.62. The van der Waals surface area contributed by atoms with Gasteiger partial charge in [-0.1, -0.05) is 35.0 Å². The lowest BCUT2D eigenvalue weighted by Gasteiger charge is -2.05. The molecule has 0 saturated carbocycles. The van der Waals surface area contributed by atoms with Crippen LogP contribution in [0.25, 0.3) is 11.1 Å². The third-order valence-electron chi connectivity index (χ3n) is 2.65. The molecule has 0 atom stereocenters. The van der Waals surface area contributed by atoms with E-state index >= 15 is 0 Å². The highest BCUT2D eigenvalue weighted by Gasteiger charge is 2.16. The Morgan fingerprint density at radius 2 is 2.18 bits per heavy atom. The lowest BCUT2D eigenvalue weighted by molar-refractivity contribution is 1.12. The lowest BCUT2D eigenvalue weighted by Crippen LogP contribution is -1.88. The number of thiophene rings is 1. The monoisotopic (exact) mass is 327 g/mol. The molecule has 2 N–H and O–H groups in total. The highest BCUT2D eigenvalue weighted by molar-refractivity contribution is 9.10. The number of benzene rings is 1. The summed E-state index contributed by atoms with van der Waals surface area (Å²) >= 11 is 6.98. The van der Waals surface area contributed by atoms with E-state index in [0.717, 1.165) is 15.9 Å². The van der Waals surface area contributed by atoms with Gasteiger partial charge in [0.25, 0.3) is 0 Å². The molecule has 0 unspecified atom stereocenters. The van der Waals surface area contributed by atoms with Gasteiger partial charge in [0, 0.05) is 10.0 Å². The van der Waals surface area contributed by atoms with Gasteiger partial charge in [-0.05, 0) is 35.9 Å². The van der Waals surface area contributed by atoms with E-state index in [2.05, 4.69) is 47.3 Å². The fourth-order valence-corrected chi connectivity index (χ4v) is 4.32. The fraction of sp³-hybridized carbons (Fsp3) is 0.231. The molecule has 1 aromatic carbocycles. The summed E-state index contributed by atoms with van der Waals surface area (Å²) in [7, 11) is 0. The number of nitrogens with two attached hydrogens (primary N) is 1. The molecule has 17 heavy (non-hydrogen) atoms. The van der Waals surface area contributed by atoms with Gasteiger partial charge in [-0.3, -0.25) is 0 Å². The summed E-state index contributed by atoms with van der Waals surface area (Å²) in [6.07, 6.45) is 3.13. The number of thioether (sulfide) groups is 1. The molecule has 1 heterocycles. The van der Waals surface area contributed by atoms with Crippen LogP contribution in [0.1, 0.15) is 12.5 Å². The van der Waals surface area contributed by atoms with Crippen LogP contribution in [0.3, 0.4) is 0 Å². The molecular weight excluding hydrogens is 314 g/mol. The summed E-state index contributed by atoms with van der Waals surface area (Å²) in [5.74, 6) is 0. The second kappa shape index (κ2) is 5.46. The first-order valence-corrected chi connectivity index (χ1v) is 8.21. The van der Waals surface area contributed by atoms with Gasteiger partial charge in [-0.2, -0.15) is 0 Å². The first-order valence-electron chi connectivity index (χ1n) is 5.38. The molecule has 0 aliphatic carbocycles. The molecule has 0 aliphatic rings. The van der Waals surface area contributed by atoms with Gasteiger partial charge in [0.15, 0.2) is 0 Å². The van der Waals surface area contributed by atoms with Crippen molar-refractivity contribution in [3.63, 3.8) is 0 Å². The molecule has 0 spiro atoms. The van der Waals surface area contributed by atoms with Crippen molar-refractivity contribution < 1.29 is 0 Å². The first kappa shape index (κ1) is 13.0. The Morgan fingerprint density at radius 1 is 1.41 bits per heavy atom. The summed E-state index contributed by atoms with van der Waals surface area (Å²) in [4.78, 5) is 0. The van der Waals surface area contributed by atoms with Crippen molar-refractivity contribution in [2.24, 2.45) is 0 Å². The molecule has 0 amide bonds. The van der Waals surface area contributed by atoms with Crippen molar-refractivity contribution in [1.82, 2.24) is 0 Å². The zero-order valence-electron chi connectivity index (χ0n) is 9.79. The summed E-state index contributed by atoms with van der Waals surface area (Å²) in [6, 6.07) is 8.33. The van der Waals surface area contributed by atoms with Crippen molar-refractivity contribution in [3.8, 4) is 11.1 Å². The van der Waals surface area contributed by atoms with Gasteiger partial charge in [0.2, 0.25) is 0 Å². The lowest BCUT2D eigenvalue weighted by atomic mass is 10.0. The smallest absolute Gasteiger partial charge is 0.0950 e. The van der Waals surface area contributed by atoms with Crippen LogP contribution < -0.4 is 5.73 Å². The van der Waals surface area contributed by atoms with Gasteiger partial charge in [0.1, 0.15) is 0 Å². The Hall–Kier alpha value is -0.450. The predicted molar refractivity (Wildman–Crippen MR) is 83.0 cm³/mol. The SMILES string of the molecule is CCc1c(SC)sc(N)c1-c1cccc(Br)c1. The van der Waals surface area contributed by atoms with Gasteiger partial charge < -0.3 is 5.73 Å². The quantitative estimate of drug-likeness (QED) is 0.799. The van der Waals surface area contributed by atoms with Crippen LogP contribution in [0.4, 0.5) is 5.00 Å². The number of hydrogen-bond acceptors (Lipinski definition) is 3. The average molecular weight is 328 g/mol. The molecule has 1 nitrogen and oxygen atoms in total. The van der Waals surface area contributed by atoms with E-state index in [1.807, 2.05) is 6.07 Å². The number of nitrogen functional groups attached to an aromatic ring is 1. The fourth-order valence-electron chi connectivity index (χ4n) is 1.91. The number of anilines is 1. The summed E-state index contributed by atoms with van der Waals surface area (Å²) < 4.78 is 2.42. The minimum absolute atomic E-state index is 0.921. The Morgan fingerprint density at radius 3 is 2.76 bits per heavy atom. The molecular formula is C13H14BrNS2. The third-order valence-corrected chi connectivity index (χ3v) is 5.37. The molecule has 0 radical (unpaired) electrons. The second-order valence-electron chi connectivity index (χ2n) is 3.68. The minimum Gasteiger partial charge on any atom is -0.390 e. The Labute approximate surface area is 119 Å². The van der Waals surface area contributed by atoms with E-state index in [9.17, 15) is 0 Å². The van der Waals surface area contributed by atoms with Crippen molar-refractivity contribution in [1.29, 1.82) is 0 Å². The first-order chi connectivity index (χ1) is 8.17. The Kier molecular flexibility index (Phi) is 4.17. The van der Waals surface area contributed by atoms with Gasteiger partial charge >= 0.3 is 0 Å². The van der Waals surface area contributed by atoms with E-state index < -0.39 is 0 Å². The maximum Gasteiger partial charge on any atom is 0.0950 e. The molecule has 0 fully saturated rings.